The van der Waals surface area contributed by atoms with Crippen LogP contribution in [-0.2, 0) is 6.54 Å². The van der Waals surface area contributed by atoms with E-state index in [0.29, 0.717) is 35.3 Å². The number of amides is 1. The van der Waals surface area contributed by atoms with Crippen LogP contribution in [0.2, 0.25) is 0 Å². The first-order chi connectivity index (χ1) is 10.7. The molecular weight excluding hydrogens is 322 g/mol. The minimum absolute atomic E-state index is 0.104. The largest absolute Gasteiger partial charge is 0.467 e. The normalized spacial score (nSPS) is 14.4. The van der Waals surface area contributed by atoms with Gasteiger partial charge in [-0.25, -0.2) is 5.01 Å². The average Bonchev–Trinajstić information content (AvgIpc) is 3.25. The molecule has 0 saturated carbocycles. The standard InChI is InChI=1S/C13H15N5O2S2/c1-9-11(22-16-15-9)12(19)17-5-3-6-18(17)13(21)14-8-10-4-2-7-20-10/h2,4,7H,3,5-6,8H2,1H3,(H,14,21). The summed E-state index contributed by atoms with van der Waals surface area (Å²) in [6.07, 6.45) is 2.49. The molecule has 3 heterocycles. The predicted molar refractivity (Wildman–Crippen MR) is 85.2 cm³/mol. The van der Waals surface area contributed by atoms with Gasteiger partial charge in [-0.2, -0.15) is 0 Å². The molecule has 0 bridgehead atoms. The van der Waals surface area contributed by atoms with Crippen LogP contribution in [0, 0.1) is 6.92 Å². The van der Waals surface area contributed by atoms with Gasteiger partial charge in [0.05, 0.1) is 18.5 Å². The molecule has 116 valence electrons. The second-order valence-electron chi connectivity index (χ2n) is 4.83. The van der Waals surface area contributed by atoms with Crippen molar-refractivity contribution in [3.8, 4) is 0 Å². The van der Waals surface area contributed by atoms with E-state index in [0.717, 1.165) is 23.7 Å². The molecular formula is C13H15N5O2S2. The first-order valence-corrected chi connectivity index (χ1v) is 8.03. The number of nitrogens with zero attached hydrogens (tertiary/aromatic N) is 4. The molecule has 0 unspecified atom stereocenters. The molecule has 1 N–H and O–H groups in total. The highest BCUT2D eigenvalue weighted by atomic mass is 32.1. The van der Waals surface area contributed by atoms with E-state index in [9.17, 15) is 4.79 Å². The van der Waals surface area contributed by atoms with Crippen LogP contribution in [0.1, 0.15) is 27.5 Å². The number of rotatable bonds is 3. The average molecular weight is 337 g/mol. The molecule has 1 saturated heterocycles. The summed E-state index contributed by atoms with van der Waals surface area (Å²) in [5.74, 6) is 0.689. The van der Waals surface area contributed by atoms with Crippen LogP contribution in [0.4, 0.5) is 0 Å². The zero-order valence-electron chi connectivity index (χ0n) is 12.0. The second kappa shape index (κ2) is 6.41. The van der Waals surface area contributed by atoms with Crippen molar-refractivity contribution in [2.24, 2.45) is 0 Å². The summed E-state index contributed by atoms with van der Waals surface area (Å²) in [5, 5.41) is 11.0. The third-order valence-corrected chi connectivity index (χ3v) is 4.51. The fourth-order valence-electron chi connectivity index (χ4n) is 2.25. The number of aromatic nitrogens is 2. The number of hydrogen-bond acceptors (Lipinski definition) is 6. The van der Waals surface area contributed by atoms with E-state index >= 15 is 0 Å². The Balaban J connectivity index is 1.66. The molecule has 0 atom stereocenters. The van der Waals surface area contributed by atoms with Crippen molar-refractivity contribution < 1.29 is 9.21 Å². The molecule has 1 fully saturated rings. The Morgan fingerprint density at radius 2 is 2.32 bits per heavy atom. The van der Waals surface area contributed by atoms with Crippen LogP contribution in [0.15, 0.2) is 22.8 Å². The van der Waals surface area contributed by atoms with Crippen LogP contribution >= 0.6 is 23.8 Å². The zero-order chi connectivity index (χ0) is 15.5. The first kappa shape index (κ1) is 14.9. The number of hydrogen-bond donors (Lipinski definition) is 1. The smallest absolute Gasteiger partial charge is 0.286 e. The number of thiocarbonyl (C=S) groups is 1. The summed E-state index contributed by atoms with van der Waals surface area (Å²) in [6.45, 7) is 3.62. The van der Waals surface area contributed by atoms with Crippen LogP contribution in [0.3, 0.4) is 0 Å². The number of nitrogens with one attached hydrogen (secondary N) is 1. The molecule has 0 aliphatic carbocycles. The van der Waals surface area contributed by atoms with Gasteiger partial charge in [0.15, 0.2) is 5.11 Å². The van der Waals surface area contributed by atoms with Gasteiger partial charge < -0.3 is 9.73 Å². The summed E-state index contributed by atoms with van der Waals surface area (Å²) in [7, 11) is 0. The Labute approximate surface area is 137 Å². The first-order valence-electron chi connectivity index (χ1n) is 6.85. The van der Waals surface area contributed by atoms with Gasteiger partial charge >= 0.3 is 0 Å². The topological polar surface area (TPSA) is 74.5 Å². The highest BCUT2D eigenvalue weighted by molar-refractivity contribution is 7.80. The zero-order valence-corrected chi connectivity index (χ0v) is 13.6. The van der Waals surface area contributed by atoms with Gasteiger partial charge in [-0.1, -0.05) is 4.49 Å². The van der Waals surface area contributed by atoms with Gasteiger partial charge in [-0.3, -0.25) is 9.80 Å². The molecule has 3 rings (SSSR count). The molecule has 1 amide bonds. The fourth-order valence-corrected chi connectivity index (χ4v) is 3.11. The number of carbonyl (C=O) groups is 1. The van der Waals surface area contributed by atoms with Crippen molar-refractivity contribution in [2.45, 2.75) is 19.9 Å². The molecule has 1 aliphatic heterocycles. The molecule has 0 radical (unpaired) electrons. The van der Waals surface area contributed by atoms with E-state index in [1.54, 1.807) is 23.2 Å². The Bertz CT molecular complexity index is 670. The predicted octanol–water partition coefficient (Wildman–Crippen LogP) is 1.58. The van der Waals surface area contributed by atoms with Gasteiger partial charge in [0.1, 0.15) is 10.6 Å². The molecule has 9 heteroatoms. The van der Waals surface area contributed by atoms with Crippen LogP contribution in [-0.4, -0.2) is 43.7 Å². The van der Waals surface area contributed by atoms with Crippen molar-refractivity contribution in [1.29, 1.82) is 0 Å². The minimum atomic E-state index is -0.104. The lowest BCUT2D eigenvalue weighted by Crippen LogP contribution is -2.48. The van der Waals surface area contributed by atoms with Crippen LogP contribution in [0.5, 0.6) is 0 Å². The van der Waals surface area contributed by atoms with E-state index in [2.05, 4.69) is 14.9 Å². The second-order valence-corrected chi connectivity index (χ2v) is 5.97. The molecule has 7 nitrogen and oxygen atoms in total. The highest BCUT2D eigenvalue weighted by Crippen LogP contribution is 2.19. The molecule has 1 aliphatic rings. The lowest BCUT2D eigenvalue weighted by atomic mass is 10.3. The van der Waals surface area contributed by atoms with Crippen molar-refractivity contribution >= 4 is 34.8 Å². The van der Waals surface area contributed by atoms with Crippen molar-refractivity contribution in [3.63, 3.8) is 0 Å². The Morgan fingerprint density at radius 1 is 1.50 bits per heavy atom. The summed E-state index contributed by atoms with van der Waals surface area (Å²) < 4.78 is 9.08. The van der Waals surface area contributed by atoms with Gasteiger partial charge in [0.2, 0.25) is 0 Å². The van der Waals surface area contributed by atoms with E-state index in [1.165, 1.54) is 0 Å². The molecule has 22 heavy (non-hydrogen) atoms. The van der Waals surface area contributed by atoms with Gasteiger partial charge in [-0.15, -0.1) is 5.10 Å². The van der Waals surface area contributed by atoms with E-state index in [4.69, 9.17) is 16.6 Å². The third-order valence-electron chi connectivity index (χ3n) is 3.34. The Morgan fingerprint density at radius 3 is 3.00 bits per heavy atom. The van der Waals surface area contributed by atoms with Crippen LogP contribution in [0.25, 0.3) is 0 Å². The number of aryl methyl sites for hydroxylation is 1. The van der Waals surface area contributed by atoms with Gasteiger partial charge in [0, 0.05) is 13.1 Å². The van der Waals surface area contributed by atoms with E-state index in [-0.39, 0.29) is 5.91 Å². The quantitative estimate of drug-likeness (QED) is 0.852. The third kappa shape index (κ3) is 2.95. The Hall–Kier alpha value is -2.00. The van der Waals surface area contributed by atoms with Gasteiger partial charge in [-0.05, 0) is 49.2 Å². The number of carbonyl (C=O) groups excluding carboxylic acids is 1. The summed E-state index contributed by atoms with van der Waals surface area (Å²) in [4.78, 5) is 13.1. The summed E-state index contributed by atoms with van der Waals surface area (Å²) >= 11 is 6.51. The highest BCUT2D eigenvalue weighted by Gasteiger charge is 2.31. The molecule has 2 aromatic heterocycles. The maximum Gasteiger partial charge on any atom is 0.286 e. The summed E-state index contributed by atoms with van der Waals surface area (Å²) in [5.41, 5.74) is 0.649. The van der Waals surface area contributed by atoms with Crippen LogP contribution < -0.4 is 5.32 Å². The monoisotopic (exact) mass is 337 g/mol. The minimum Gasteiger partial charge on any atom is -0.467 e. The van der Waals surface area contributed by atoms with Gasteiger partial charge in [0.25, 0.3) is 5.91 Å². The maximum absolute atomic E-state index is 12.6. The molecule has 0 aromatic carbocycles. The lowest BCUT2D eigenvalue weighted by Gasteiger charge is -2.29. The van der Waals surface area contributed by atoms with Crippen molar-refractivity contribution in [1.82, 2.24) is 24.9 Å². The molecule has 2 aromatic rings. The fraction of sp³-hybridized carbons (Fsp3) is 0.385. The van der Waals surface area contributed by atoms with E-state index < -0.39 is 0 Å². The maximum atomic E-state index is 12.6. The number of hydrazine groups is 1. The SMILES string of the molecule is Cc1nnsc1C(=O)N1CCCN1C(=S)NCc1ccco1. The number of furan rings is 1. The summed E-state index contributed by atoms with van der Waals surface area (Å²) in [6, 6.07) is 3.69. The Kier molecular flexibility index (Phi) is 4.34. The lowest BCUT2D eigenvalue weighted by molar-refractivity contribution is 0.0495. The van der Waals surface area contributed by atoms with Crippen molar-refractivity contribution in [2.75, 3.05) is 13.1 Å². The van der Waals surface area contributed by atoms with Crippen molar-refractivity contribution in [3.05, 3.63) is 34.7 Å². The van der Waals surface area contributed by atoms with E-state index in [1.807, 2.05) is 12.1 Å². The molecule has 0 spiro atoms.